The molecule has 2 heterocycles. The van der Waals surface area contributed by atoms with Gasteiger partial charge in [0.25, 0.3) is 0 Å². The first-order chi connectivity index (χ1) is 12.2. The van der Waals surface area contributed by atoms with Gasteiger partial charge in [0.15, 0.2) is 0 Å². The molecule has 1 fully saturated rings. The summed E-state index contributed by atoms with van der Waals surface area (Å²) in [4.78, 5) is 7.46. The lowest BCUT2D eigenvalue weighted by Gasteiger charge is -2.45. The van der Waals surface area contributed by atoms with Gasteiger partial charge < -0.3 is 24.4 Å². The molecule has 2 aliphatic heterocycles. The molecule has 140 valence electrons. The van der Waals surface area contributed by atoms with Gasteiger partial charge in [-0.05, 0) is 32.0 Å². The lowest BCUT2D eigenvalue weighted by Crippen LogP contribution is -2.54. The molecular weight excluding hydrogens is 346 g/mol. The van der Waals surface area contributed by atoms with Crippen molar-refractivity contribution in [2.75, 3.05) is 20.1 Å². The Hall–Kier alpha value is -2.60. The highest BCUT2D eigenvalue weighted by atomic mass is 19.3. The first-order valence-electron chi connectivity index (χ1n) is 8.15. The summed E-state index contributed by atoms with van der Waals surface area (Å²) in [5.74, 6) is 0.865. The molecule has 0 saturated carbocycles. The Labute approximate surface area is 150 Å². The number of nitrogens with zero attached hydrogens (tertiary/aromatic N) is 4. The average Bonchev–Trinajstić information content (AvgIpc) is 2.90. The van der Waals surface area contributed by atoms with Crippen molar-refractivity contribution in [1.82, 2.24) is 9.80 Å². The molecule has 0 unspecified atom stereocenters. The maximum absolute atomic E-state index is 12.6. The minimum absolute atomic E-state index is 0.0226. The SMILES string of the molecule is CN1CCN([C@H]2c3cc(OC(F)F)ccc3OC(C)(C)[C@@H]2O)C1=NC#N. The molecule has 0 aliphatic carbocycles. The Morgan fingerprint density at radius 1 is 1.42 bits per heavy atom. The van der Waals surface area contributed by atoms with Crippen molar-refractivity contribution in [3.8, 4) is 17.7 Å². The number of aliphatic hydroxyl groups is 1. The van der Waals surface area contributed by atoms with Crippen LogP contribution in [0.2, 0.25) is 0 Å². The van der Waals surface area contributed by atoms with Gasteiger partial charge in [0, 0.05) is 25.7 Å². The van der Waals surface area contributed by atoms with E-state index in [2.05, 4.69) is 9.73 Å². The lowest BCUT2D eigenvalue weighted by molar-refractivity contribution is -0.0809. The molecule has 0 aromatic heterocycles. The molecule has 0 bridgehead atoms. The minimum atomic E-state index is -2.95. The summed E-state index contributed by atoms with van der Waals surface area (Å²) < 4.78 is 35.5. The average molecular weight is 366 g/mol. The molecule has 2 aliphatic rings. The number of likely N-dealkylation sites (N-methyl/N-ethyl adjacent to an activating group) is 1. The van der Waals surface area contributed by atoms with Crippen molar-refractivity contribution in [2.24, 2.45) is 4.99 Å². The zero-order valence-corrected chi connectivity index (χ0v) is 14.7. The second kappa shape index (κ2) is 6.61. The molecule has 0 radical (unpaired) electrons. The van der Waals surface area contributed by atoms with Crippen LogP contribution in [0.15, 0.2) is 23.2 Å². The Kier molecular flexibility index (Phi) is 4.63. The molecule has 9 heteroatoms. The number of fused-ring (bicyclic) bond motifs is 1. The molecule has 2 atom stereocenters. The summed E-state index contributed by atoms with van der Waals surface area (Å²) in [6.45, 7) is 1.68. The standard InChI is InChI=1S/C17H20F2N4O3/c1-17(2)14(24)13(23-7-6-22(3)16(23)21-9-20)11-8-10(25-15(18)19)4-5-12(11)26-17/h4-5,8,13-15,24H,6-7H2,1-3H3/t13-,14+/m0/s1. The van der Waals surface area contributed by atoms with Crippen LogP contribution in [0.1, 0.15) is 25.5 Å². The normalized spacial score (nSPS) is 25.8. The van der Waals surface area contributed by atoms with Gasteiger partial charge in [0.2, 0.25) is 12.2 Å². The number of aliphatic hydroxyl groups excluding tert-OH is 1. The molecule has 7 nitrogen and oxygen atoms in total. The molecule has 3 rings (SSSR count). The van der Waals surface area contributed by atoms with Gasteiger partial charge in [-0.1, -0.05) is 0 Å². The number of ether oxygens (including phenoxy) is 2. The number of nitriles is 1. The smallest absolute Gasteiger partial charge is 0.387 e. The zero-order chi connectivity index (χ0) is 19.1. The van der Waals surface area contributed by atoms with Crippen molar-refractivity contribution in [3.63, 3.8) is 0 Å². The van der Waals surface area contributed by atoms with E-state index >= 15 is 0 Å². The largest absolute Gasteiger partial charge is 0.485 e. The summed E-state index contributed by atoms with van der Waals surface area (Å²) >= 11 is 0. The van der Waals surface area contributed by atoms with Gasteiger partial charge in [-0.2, -0.15) is 14.0 Å². The Morgan fingerprint density at radius 3 is 2.81 bits per heavy atom. The van der Waals surface area contributed by atoms with E-state index in [-0.39, 0.29) is 5.75 Å². The molecule has 1 saturated heterocycles. The predicted molar refractivity (Wildman–Crippen MR) is 88.9 cm³/mol. The molecule has 26 heavy (non-hydrogen) atoms. The number of aliphatic imine (C=N–C) groups is 1. The van der Waals surface area contributed by atoms with Crippen LogP contribution in [0.5, 0.6) is 11.5 Å². The third kappa shape index (κ3) is 3.12. The Bertz CT molecular complexity index is 763. The highest BCUT2D eigenvalue weighted by Gasteiger charge is 2.48. The van der Waals surface area contributed by atoms with Gasteiger partial charge in [-0.25, -0.2) is 0 Å². The summed E-state index contributed by atoms with van der Waals surface area (Å²) in [5, 5.41) is 19.9. The maximum atomic E-state index is 12.6. The number of rotatable bonds is 3. The minimum Gasteiger partial charge on any atom is -0.485 e. The third-order valence-electron chi connectivity index (χ3n) is 4.67. The van der Waals surface area contributed by atoms with Gasteiger partial charge in [0.1, 0.15) is 23.2 Å². The van der Waals surface area contributed by atoms with Crippen molar-refractivity contribution >= 4 is 5.96 Å². The number of halogens is 2. The molecule has 1 aromatic carbocycles. The topological polar surface area (TPSA) is 81.3 Å². The molecule has 0 amide bonds. The summed E-state index contributed by atoms with van der Waals surface area (Å²) in [6.07, 6.45) is 0.795. The number of alkyl halides is 2. The van der Waals surface area contributed by atoms with E-state index in [1.807, 2.05) is 0 Å². The fourth-order valence-electron chi connectivity index (χ4n) is 3.39. The second-order valence-electron chi connectivity index (χ2n) is 6.80. The van der Waals surface area contributed by atoms with Gasteiger partial charge in [0.05, 0.1) is 6.04 Å². The third-order valence-corrected chi connectivity index (χ3v) is 4.67. The van der Waals surface area contributed by atoms with Gasteiger partial charge >= 0.3 is 6.61 Å². The molecule has 1 aromatic rings. The number of guanidine groups is 1. The van der Waals surface area contributed by atoms with Crippen LogP contribution in [-0.4, -0.2) is 59.3 Å². The van der Waals surface area contributed by atoms with Crippen molar-refractivity contribution in [3.05, 3.63) is 23.8 Å². The molecule has 0 spiro atoms. The Balaban J connectivity index is 2.09. The fraction of sp³-hybridized carbons (Fsp3) is 0.529. The second-order valence-corrected chi connectivity index (χ2v) is 6.80. The summed E-state index contributed by atoms with van der Waals surface area (Å²) in [7, 11) is 1.80. The van der Waals surface area contributed by atoms with E-state index in [1.54, 1.807) is 43.0 Å². The van der Waals surface area contributed by atoms with E-state index in [4.69, 9.17) is 10.00 Å². The van der Waals surface area contributed by atoms with Crippen LogP contribution in [-0.2, 0) is 0 Å². The molecule has 1 N–H and O–H groups in total. The van der Waals surface area contributed by atoms with E-state index < -0.39 is 24.4 Å². The van der Waals surface area contributed by atoms with E-state index in [0.717, 1.165) is 0 Å². The lowest BCUT2D eigenvalue weighted by atomic mass is 9.85. The number of benzene rings is 1. The highest BCUT2D eigenvalue weighted by Crippen LogP contribution is 2.45. The number of hydrogen-bond acceptors (Lipinski definition) is 5. The van der Waals surface area contributed by atoms with E-state index in [1.165, 1.54) is 12.1 Å². The Morgan fingerprint density at radius 2 is 2.15 bits per heavy atom. The predicted octanol–water partition coefficient (Wildman–Crippen LogP) is 1.95. The van der Waals surface area contributed by atoms with Crippen molar-refractivity contribution in [2.45, 2.75) is 38.2 Å². The quantitative estimate of drug-likeness (QED) is 0.824. The van der Waals surface area contributed by atoms with Crippen LogP contribution in [0, 0.1) is 11.5 Å². The van der Waals surface area contributed by atoms with Gasteiger partial charge in [-0.15, -0.1) is 4.99 Å². The first-order valence-corrected chi connectivity index (χ1v) is 8.15. The van der Waals surface area contributed by atoms with Crippen LogP contribution in [0.3, 0.4) is 0 Å². The number of hydrogen-bond donors (Lipinski definition) is 1. The summed E-state index contributed by atoms with van der Waals surface area (Å²) in [5.41, 5.74) is -0.405. The zero-order valence-electron chi connectivity index (χ0n) is 14.7. The van der Waals surface area contributed by atoms with Crippen LogP contribution in [0.4, 0.5) is 8.78 Å². The van der Waals surface area contributed by atoms with Crippen LogP contribution in [0.25, 0.3) is 0 Å². The molecular formula is C17H20F2N4O3. The first kappa shape index (κ1) is 18.2. The summed E-state index contributed by atoms with van der Waals surface area (Å²) in [6, 6.07) is 3.77. The maximum Gasteiger partial charge on any atom is 0.387 e. The van der Waals surface area contributed by atoms with E-state index in [9.17, 15) is 13.9 Å². The van der Waals surface area contributed by atoms with E-state index in [0.29, 0.717) is 30.4 Å². The monoisotopic (exact) mass is 366 g/mol. The van der Waals surface area contributed by atoms with Gasteiger partial charge in [-0.3, -0.25) is 0 Å². The fourth-order valence-corrected chi connectivity index (χ4v) is 3.39. The van der Waals surface area contributed by atoms with Crippen LogP contribution >= 0.6 is 0 Å². The highest BCUT2D eigenvalue weighted by molar-refractivity contribution is 5.83. The van der Waals surface area contributed by atoms with Crippen molar-refractivity contribution < 1.29 is 23.4 Å². The van der Waals surface area contributed by atoms with Crippen LogP contribution < -0.4 is 9.47 Å². The van der Waals surface area contributed by atoms with Crippen molar-refractivity contribution in [1.29, 1.82) is 5.26 Å².